The van der Waals surface area contributed by atoms with Gasteiger partial charge in [0.1, 0.15) is 17.9 Å². The van der Waals surface area contributed by atoms with Gasteiger partial charge in [-0.2, -0.15) is 5.26 Å². The number of carbonyl (C=O) groups excluding carboxylic acids is 3. The number of rotatable bonds is 5. The lowest BCUT2D eigenvalue weighted by Gasteiger charge is -2.43. The van der Waals surface area contributed by atoms with Crippen LogP contribution in [0.4, 0.5) is 10.6 Å². The molecule has 2 aliphatic heterocycles. The van der Waals surface area contributed by atoms with Crippen molar-refractivity contribution < 1.29 is 14.4 Å². The molecule has 2 aliphatic rings. The molecule has 0 atom stereocenters. The highest BCUT2D eigenvalue weighted by molar-refractivity contribution is 6.09. The van der Waals surface area contributed by atoms with Crippen molar-refractivity contribution in [3.63, 3.8) is 0 Å². The number of nitrogens with one attached hydrogen (secondary N) is 1. The molecule has 0 radical (unpaired) electrons. The predicted molar refractivity (Wildman–Crippen MR) is 106 cm³/mol. The van der Waals surface area contributed by atoms with Crippen LogP contribution in [-0.2, 0) is 9.59 Å². The van der Waals surface area contributed by atoms with Crippen LogP contribution in [0.1, 0.15) is 32.3 Å². The van der Waals surface area contributed by atoms with Gasteiger partial charge in [-0.05, 0) is 30.9 Å². The van der Waals surface area contributed by atoms with Crippen LogP contribution in [0, 0.1) is 17.2 Å². The highest BCUT2D eigenvalue weighted by Gasteiger charge is 2.58. The Labute approximate surface area is 170 Å². The summed E-state index contributed by atoms with van der Waals surface area (Å²) >= 11 is 0. The van der Waals surface area contributed by atoms with Crippen molar-refractivity contribution in [2.24, 2.45) is 5.92 Å². The zero-order valence-electron chi connectivity index (χ0n) is 17.0. The van der Waals surface area contributed by atoms with Gasteiger partial charge in [-0.25, -0.2) is 9.78 Å². The van der Waals surface area contributed by atoms with E-state index < -0.39 is 11.6 Å². The highest BCUT2D eigenvalue weighted by atomic mass is 16.2. The molecule has 3 rings (SSSR count). The minimum Gasteiger partial charge on any atom is -0.358 e. The van der Waals surface area contributed by atoms with Gasteiger partial charge in [-0.1, -0.05) is 13.8 Å². The zero-order chi connectivity index (χ0) is 21.2. The van der Waals surface area contributed by atoms with E-state index in [4.69, 9.17) is 5.26 Å². The number of aromatic nitrogens is 1. The molecule has 2 saturated heterocycles. The van der Waals surface area contributed by atoms with Crippen LogP contribution in [-0.4, -0.2) is 71.4 Å². The molecule has 0 aliphatic carbocycles. The molecule has 1 spiro atoms. The monoisotopic (exact) mass is 398 g/mol. The molecule has 1 N–H and O–H groups in total. The number of nitriles is 1. The predicted octanol–water partition coefficient (Wildman–Crippen LogP) is 0.958. The standard InChI is InChI=1S/C20H26N6O3/c1-14(2)12-26-19(29)25(13-17(27)22-3)18(28)20(26)5-8-24(9-6-20)16-10-15(11-21)4-7-23-16/h4,7,10,14H,5-6,8-9,12-13H2,1-3H3,(H,22,27). The molecule has 0 unspecified atom stereocenters. The molecule has 9 heteroatoms. The van der Waals surface area contributed by atoms with E-state index in [1.807, 2.05) is 18.7 Å². The fourth-order valence-electron chi connectivity index (χ4n) is 4.01. The zero-order valence-corrected chi connectivity index (χ0v) is 17.0. The van der Waals surface area contributed by atoms with Crippen LogP contribution >= 0.6 is 0 Å². The molecule has 2 fully saturated rings. The Morgan fingerprint density at radius 2 is 2.03 bits per heavy atom. The summed E-state index contributed by atoms with van der Waals surface area (Å²) in [7, 11) is 1.48. The van der Waals surface area contributed by atoms with Crippen LogP contribution in [0.5, 0.6) is 0 Å². The Kier molecular flexibility index (Phi) is 5.73. The molecule has 0 saturated carbocycles. The van der Waals surface area contributed by atoms with E-state index in [2.05, 4.69) is 16.4 Å². The first-order chi connectivity index (χ1) is 13.8. The maximum Gasteiger partial charge on any atom is 0.328 e. The lowest BCUT2D eigenvalue weighted by atomic mass is 9.85. The Hall–Kier alpha value is -3.15. The van der Waals surface area contributed by atoms with Gasteiger partial charge in [-0.3, -0.25) is 14.5 Å². The lowest BCUT2D eigenvalue weighted by Crippen LogP contribution is -2.57. The first-order valence-electron chi connectivity index (χ1n) is 9.77. The van der Waals surface area contributed by atoms with Crippen molar-refractivity contribution in [2.45, 2.75) is 32.2 Å². The van der Waals surface area contributed by atoms with E-state index in [1.54, 1.807) is 23.2 Å². The van der Waals surface area contributed by atoms with Gasteiger partial charge in [0.15, 0.2) is 0 Å². The number of hydrogen-bond donors (Lipinski definition) is 1. The van der Waals surface area contributed by atoms with Crippen LogP contribution < -0.4 is 10.2 Å². The number of hydrogen-bond acceptors (Lipinski definition) is 6. The molecule has 0 bridgehead atoms. The highest BCUT2D eigenvalue weighted by Crippen LogP contribution is 2.38. The summed E-state index contributed by atoms with van der Waals surface area (Å²) in [4.78, 5) is 47.2. The van der Waals surface area contributed by atoms with Gasteiger partial charge in [-0.15, -0.1) is 0 Å². The molecule has 9 nitrogen and oxygen atoms in total. The van der Waals surface area contributed by atoms with E-state index in [0.29, 0.717) is 43.9 Å². The van der Waals surface area contributed by atoms with Crippen molar-refractivity contribution in [3.05, 3.63) is 23.9 Å². The van der Waals surface area contributed by atoms with Crippen LogP contribution in [0.15, 0.2) is 18.3 Å². The average molecular weight is 398 g/mol. The van der Waals surface area contributed by atoms with Crippen molar-refractivity contribution in [1.29, 1.82) is 5.26 Å². The van der Waals surface area contributed by atoms with E-state index in [1.165, 1.54) is 7.05 Å². The van der Waals surface area contributed by atoms with Gasteiger partial charge in [0.25, 0.3) is 5.91 Å². The minimum absolute atomic E-state index is 0.190. The SMILES string of the molecule is CNC(=O)CN1C(=O)N(CC(C)C)C2(CCN(c3cc(C#N)ccn3)CC2)C1=O. The number of anilines is 1. The third kappa shape index (κ3) is 3.75. The smallest absolute Gasteiger partial charge is 0.328 e. The van der Waals surface area contributed by atoms with Gasteiger partial charge < -0.3 is 15.1 Å². The van der Waals surface area contributed by atoms with E-state index in [-0.39, 0.29) is 24.3 Å². The third-order valence-electron chi connectivity index (χ3n) is 5.54. The molecule has 4 amide bonds. The Balaban J connectivity index is 1.84. The quantitative estimate of drug-likeness (QED) is 0.740. The van der Waals surface area contributed by atoms with E-state index in [0.717, 1.165) is 4.90 Å². The topological polar surface area (TPSA) is 110 Å². The maximum atomic E-state index is 13.3. The number of carbonyl (C=O) groups is 3. The van der Waals surface area contributed by atoms with Gasteiger partial charge in [0.2, 0.25) is 5.91 Å². The number of likely N-dealkylation sites (N-methyl/N-ethyl adjacent to an activating group) is 1. The summed E-state index contributed by atoms with van der Waals surface area (Å²) in [5.74, 6) is 0.206. The minimum atomic E-state index is -0.932. The number of piperidine rings is 1. The van der Waals surface area contributed by atoms with Crippen molar-refractivity contribution >= 4 is 23.7 Å². The van der Waals surface area contributed by atoms with Crippen molar-refractivity contribution in [1.82, 2.24) is 20.1 Å². The summed E-state index contributed by atoms with van der Waals surface area (Å²) in [5, 5.41) is 11.6. The normalized spacial score (nSPS) is 18.5. The van der Waals surface area contributed by atoms with E-state index in [9.17, 15) is 14.4 Å². The summed E-state index contributed by atoms with van der Waals surface area (Å²) in [5.41, 5.74) is -0.404. The molecule has 29 heavy (non-hydrogen) atoms. The molecule has 1 aromatic heterocycles. The molecular weight excluding hydrogens is 372 g/mol. The average Bonchev–Trinajstić information content (AvgIpc) is 2.90. The summed E-state index contributed by atoms with van der Waals surface area (Å²) in [6.07, 6.45) is 2.50. The molecule has 0 aromatic carbocycles. The number of nitrogens with zero attached hydrogens (tertiary/aromatic N) is 5. The van der Waals surface area contributed by atoms with Crippen LogP contribution in [0.3, 0.4) is 0 Å². The molecular formula is C20H26N6O3. The number of imide groups is 1. The van der Waals surface area contributed by atoms with Gasteiger partial charge in [0.05, 0.1) is 11.6 Å². The first-order valence-corrected chi connectivity index (χ1v) is 9.77. The summed E-state index contributed by atoms with van der Waals surface area (Å²) in [6.45, 7) is 5.25. The second-order valence-corrected chi connectivity index (χ2v) is 7.88. The van der Waals surface area contributed by atoms with Gasteiger partial charge in [0, 0.05) is 32.9 Å². The third-order valence-corrected chi connectivity index (χ3v) is 5.54. The van der Waals surface area contributed by atoms with Crippen LogP contribution in [0.2, 0.25) is 0 Å². The second kappa shape index (κ2) is 8.07. The van der Waals surface area contributed by atoms with Crippen LogP contribution in [0.25, 0.3) is 0 Å². The number of urea groups is 1. The first kappa shape index (κ1) is 20.6. The Morgan fingerprint density at radius 1 is 1.34 bits per heavy atom. The maximum absolute atomic E-state index is 13.3. The Morgan fingerprint density at radius 3 is 2.62 bits per heavy atom. The largest absolute Gasteiger partial charge is 0.358 e. The van der Waals surface area contributed by atoms with Crippen molar-refractivity contribution in [3.8, 4) is 6.07 Å². The van der Waals surface area contributed by atoms with Crippen molar-refractivity contribution in [2.75, 3.05) is 38.1 Å². The summed E-state index contributed by atoms with van der Waals surface area (Å²) in [6, 6.07) is 5.08. The molecule has 3 heterocycles. The fourth-order valence-corrected chi connectivity index (χ4v) is 4.01. The number of pyridine rings is 1. The molecule has 154 valence electrons. The number of amides is 4. The fraction of sp³-hybridized carbons (Fsp3) is 0.550. The molecule has 1 aromatic rings. The Bertz CT molecular complexity index is 854. The van der Waals surface area contributed by atoms with E-state index >= 15 is 0 Å². The lowest BCUT2D eigenvalue weighted by molar-refractivity contribution is -0.137. The van der Waals surface area contributed by atoms with Gasteiger partial charge >= 0.3 is 6.03 Å². The second-order valence-electron chi connectivity index (χ2n) is 7.88. The summed E-state index contributed by atoms with van der Waals surface area (Å²) < 4.78 is 0.